The Morgan fingerprint density at radius 1 is 0.862 bits per heavy atom. The summed E-state index contributed by atoms with van der Waals surface area (Å²) in [5, 5.41) is 4.36. The normalized spacial score (nSPS) is 11.4. The van der Waals surface area contributed by atoms with Gasteiger partial charge in [0.2, 0.25) is 0 Å². The molecule has 7 heteroatoms. The van der Waals surface area contributed by atoms with Crippen LogP contribution < -0.4 is 4.74 Å². The predicted octanol–water partition coefficient (Wildman–Crippen LogP) is 4.17. The van der Waals surface area contributed by atoms with E-state index in [0.717, 1.165) is 9.65 Å². The van der Waals surface area contributed by atoms with Crippen LogP contribution in [0.25, 0.3) is 22.8 Å². The van der Waals surface area contributed by atoms with Gasteiger partial charge in [0.05, 0.1) is 12.0 Å². The molecule has 0 fully saturated rings. The molecule has 0 spiro atoms. The molecular weight excluding hydrogens is 386 g/mol. The number of methoxy groups -OCH3 is 1. The highest BCUT2D eigenvalue weighted by molar-refractivity contribution is 7.90. The first-order valence-electron chi connectivity index (χ1n) is 8.98. The molecule has 146 valence electrons. The van der Waals surface area contributed by atoms with Gasteiger partial charge in [-0.05, 0) is 31.2 Å². The summed E-state index contributed by atoms with van der Waals surface area (Å²) in [5.74, 6) is 1.20. The molecule has 1 aromatic heterocycles. The maximum absolute atomic E-state index is 13.3. The van der Waals surface area contributed by atoms with Crippen molar-refractivity contribution in [3.05, 3.63) is 84.4 Å². The summed E-state index contributed by atoms with van der Waals surface area (Å²) >= 11 is 0. The van der Waals surface area contributed by atoms with Crippen LogP contribution in [0.2, 0.25) is 0 Å². The zero-order valence-corrected chi connectivity index (χ0v) is 16.8. The number of aryl methyl sites for hydroxylation is 1. The number of hydrogen-bond donors (Lipinski definition) is 0. The Kier molecular flexibility index (Phi) is 4.90. The van der Waals surface area contributed by atoms with Gasteiger partial charge in [0.25, 0.3) is 10.0 Å². The number of aromatic nitrogens is 3. The van der Waals surface area contributed by atoms with E-state index in [1.54, 1.807) is 49.6 Å². The lowest BCUT2D eigenvalue weighted by Gasteiger charge is -2.07. The second-order valence-corrected chi connectivity index (χ2v) is 8.29. The zero-order chi connectivity index (χ0) is 20.4. The van der Waals surface area contributed by atoms with Crippen molar-refractivity contribution >= 4 is 10.0 Å². The molecule has 4 aromatic rings. The van der Waals surface area contributed by atoms with Gasteiger partial charge in [-0.2, -0.15) is 8.42 Å². The molecule has 4 rings (SSSR count). The average molecular weight is 405 g/mol. The molecule has 0 unspecified atom stereocenters. The Hall–Kier alpha value is -3.45. The summed E-state index contributed by atoms with van der Waals surface area (Å²) in [6.45, 7) is 1.90. The number of ether oxygens (including phenoxy) is 1. The van der Waals surface area contributed by atoms with Gasteiger partial charge in [-0.25, -0.2) is 4.98 Å². The summed E-state index contributed by atoms with van der Waals surface area (Å²) in [6, 6.07) is 23.0. The number of benzene rings is 3. The molecule has 0 aliphatic carbocycles. The minimum Gasteiger partial charge on any atom is -0.497 e. The van der Waals surface area contributed by atoms with Gasteiger partial charge in [0, 0.05) is 11.1 Å². The summed E-state index contributed by atoms with van der Waals surface area (Å²) in [4.78, 5) is 4.71. The zero-order valence-electron chi connectivity index (χ0n) is 16.0. The van der Waals surface area contributed by atoms with Crippen molar-refractivity contribution in [1.29, 1.82) is 0 Å². The molecule has 0 amide bonds. The molecule has 6 nitrogen and oxygen atoms in total. The van der Waals surface area contributed by atoms with Crippen LogP contribution in [-0.4, -0.2) is 29.7 Å². The summed E-state index contributed by atoms with van der Waals surface area (Å²) in [7, 11) is -2.35. The highest BCUT2D eigenvalue weighted by Gasteiger charge is 2.25. The van der Waals surface area contributed by atoms with Crippen LogP contribution in [0.1, 0.15) is 5.56 Å². The Labute approximate surface area is 169 Å². The first-order valence-corrected chi connectivity index (χ1v) is 10.4. The quantitative estimate of drug-likeness (QED) is 0.498. The molecule has 0 saturated carbocycles. The smallest absolute Gasteiger partial charge is 0.285 e. The Balaban J connectivity index is 1.92. The van der Waals surface area contributed by atoms with E-state index < -0.39 is 10.0 Å². The van der Waals surface area contributed by atoms with Crippen LogP contribution >= 0.6 is 0 Å². The monoisotopic (exact) mass is 405 g/mol. The average Bonchev–Trinajstić information content (AvgIpc) is 3.21. The van der Waals surface area contributed by atoms with E-state index in [2.05, 4.69) is 10.1 Å². The summed E-state index contributed by atoms with van der Waals surface area (Å²) < 4.78 is 33.0. The van der Waals surface area contributed by atoms with Crippen molar-refractivity contribution in [2.24, 2.45) is 0 Å². The van der Waals surface area contributed by atoms with Crippen LogP contribution in [0.5, 0.6) is 5.75 Å². The number of hydrogen-bond acceptors (Lipinski definition) is 5. The number of rotatable bonds is 5. The highest BCUT2D eigenvalue weighted by atomic mass is 32.2. The van der Waals surface area contributed by atoms with Crippen molar-refractivity contribution in [2.45, 2.75) is 11.8 Å². The molecule has 0 saturated heterocycles. The van der Waals surface area contributed by atoms with E-state index in [1.165, 1.54) is 0 Å². The van der Waals surface area contributed by atoms with Crippen molar-refractivity contribution in [3.63, 3.8) is 0 Å². The highest BCUT2D eigenvalue weighted by Crippen LogP contribution is 2.27. The second-order valence-electron chi connectivity index (χ2n) is 6.52. The molecule has 0 aliphatic rings. The van der Waals surface area contributed by atoms with E-state index in [-0.39, 0.29) is 10.7 Å². The van der Waals surface area contributed by atoms with E-state index in [0.29, 0.717) is 22.7 Å². The van der Waals surface area contributed by atoms with E-state index in [1.807, 2.05) is 43.3 Å². The van der Waals surface area contributed by atoms with Crippen molar-refractivity contribution in [2.75, 3.05) is 7.11 Å². The van der Waals surface area contributed by atoms with Gasteiger partial charge < -0.3 is 4.74 Å². The molecule has 0 radical (unpaired) electrons. The third kappa shape index (κ3) is 3.64. The maximum atomic E-state index is 13.3. The summed E-state index contributed by atoms with van der Waals surface area (Å²) in [6.07, 6.45) is 0. The van der Waals surface area contributed by atoms with Gasteiger partial charge in [0.1, 0.15) is 5.75 Å². The van der Waals surface area contributed by atoms with Crippen LogP contribution in [0, 0.1) is 6.92 Å². The number of nitrogens with zero attached hydrogens (tertiary/aromatic N) is 3. The Morgan fingerprint density at radius 3 is 2.24 bits per heavy atom. The minimum absolute atomic E-state index is 0.155. The van der Waals surface area contributed by atoms with Crippen molar-refractivity contribution in [3.8, 4) is 28.5 Å². The lowest BCUT2D eigenvalue weighted by molar-refractivity contribution is 0.415. The molecule has 0 atom stereocenters. The van der Waals surface area contributed by atoms with E-state index >= 15 is 0 Å². The molecule has 0 aliphatic heterocycles. The molecular formula is C22H19N3O3S. The molecule has 0 N–H and O–H groups in total. The van der Waals surface area contributed by atoms with E-state index in [4.69, 9.17) is 4.74 Å². The van der Waals surface area contributed by atoms with Gasteiger partial charge in [-0.15, -0.1) is 9.19 Å². The fourth-order valence-electron chi connectivity index (χ4n) is 2.92. The molecule has 29 heavy (non-hydrogen) atoms. The standard InChI is InChI=1S/C22H19N3O3S/c1-16-11-13-20(14-12-16)29(26,27)25-22(17-7-4-3-5-8-17)23-21(24-25)18-9-6-10-19(15-18)28-2/h3-15H,1-2H3. The third-order valence-electron chi connectivity index (χ3n) is 4.48. The van der Waals surface area contributed by atoms with Crippen LogP contribution in [0.3, 0.4) is 0 Å². The van der Waals surface area contributed by atoms with E-state index in [9.17, 15) is 8.42 Å². The maximum Gasteiger partial charge on any atom is 0.285 e. The molecule has 0 bridgehead atoms. The van der Waals surface area contributed by atoms with Gasteiger partial charge >= 0.3 is 0 Å². The molecule has 1 heterocycles. The van der Waals surface area contributed by atoms with Crippen LogP contribution in [0.15, 0.2) is 83.8 Å². The lowest BCUT2D eigenvalue weighted by Crippen LogP contribution is -2.16. The minimum atomic E-state index is -3.93. The van der Waals surface area contributed by atoms with Gasteiger partial charge in [0.15, 0.2) is 11.6 Å². The van der Waals surface area contributed by atoms with Crippen LogP contribution in [0.4, 0.5) is 0 Å². The SMILES string of the molecule is COc1cccc(-c2nc(-c3ccccc3)n(S(=O)(=O)c3ccc(C)cc3)n2)c1. The third-order valence-corrected chi connectivity index (χ3v) is 6.06. The molecule has 3 aromatic carbocycles. The Bertz CT molecular complexity index is 1250. The van der Waals surface area contributed by atoms with Gasteiger partial charge in [-0.1, -0.05) is 60.2 Å². The van der Waals surface area contributed by atoms with Crippen molar-refractivity contribution < 1.29 is 13.2 Å². The van der Waals surface area contributed by atoms with Crippen LogP contribution in [-0.2, 0) is 10.0 Å². The first kappa shape index (κ1) is 18.9. The predicted molar refractivity (Wildman–Crippen MR) is 111 cm³/mol. The second kappa shape index (κ2) is 7.52. The fourth-order valence-corrected chi connectivity index (χ4v) is 4.16. The Morgan fingerprint density at radius 2 is 1.55 bits per heavy atom. The lowest BCUT2D eigenvalue weighted by atomic mass is 10.2. The first-order chi connectivity index (χ1) is 14.0. The largest absolute Gasteiger partial charge is 0.497 e. The fraction of sp³-hybridized carbons (Fsp3) is 0.0909. The topological polar surface area (TPSA) is 74.1 Å². The van der Waals surface area contributed by atoms with Gasteiger partial charge in [-0.3, -0.25) is 0 Å². The summed E-state index contributed by atoms with van der Waals surface area (Å²) in [5.41, 5.74) is 2.30. The van der Waals surface area contributed by atoms with Crippen molar-refractivity contribution in [1.82, 2.24) is 14.2 Å².